The number of hydrogen-bond donors (Lipinski definition) is 5. The van der Waals surface area contributed by atoms with Gasteiger partial charge in [-0.3, -0.25) is 0 Å². The average Bonchev–Trinajstić information content (AvgIpc) is 2.91. The molecule has 1 aromatic rings. The second kappa shape index (κ2) is 14.8. The summed E-state index contributed by atoms with van der Waals surface area (Å²) >= 11 is 6.30. The monoisotopic (exact) mass is 535 g/mol. The Kier molecular flexibility index (Phi) is 11.8. The van der Waals surface area contributed by atoms with Crippen LogP contribution in [0.5, 0.6) is 0 Å². The van der Waals surface area contributed by atoms with E-state index in [9.17, 15) is 14.7 Å². The van der Waals surface area contributed by atoms with Gasteiger partial charge in [0.25, 0.3) is 0 Å². The fourth-order valence-corrected chi connectivity index (χ4v) is 6.26. The number of nitrogens with zero attached hydrogens (tertiary/aromatic N) is 1. The van der Waals surface area contributed by atoms with Gasteiger partial charge in [-0.2, -0.15) is 0 Å². The zero-order valence-corrected chi connectivity index (χ0v) is 23.3. The molecular weight excluding hydrogens is 490 g/mol. The second-order valence-electron chi connectivity index (χ2n) is 10.8. The summed E-state index contributed by atoms with van der Waals surface area (Å²) in [7, 11) is 3.51. The highest BCUT2D eigenvalue weighted by molar-refractivity contribution is 6.30. The molecule has 0 spiro atoms. The van der Waals surface area contributed by atoms with E-state index in [4.69, 9.17) is 11.6 Å². The van der Waals surface area contributed by atoms with Gasteiger partial charge in [-0.25, -0.2) is 9.59 Å². The van der Waals surface area contributed by atoms with E-state index in [2.05, 4.69) is 21.3 Å². The molecule has 9 heteroatoms. The number of piperidine rings is 1. The predicted octanol–water partition coefficient (Wildman–Crippen LogP) is 4.22. The summed E-state index contributed by atoms with van der Waals surface area (Å²) in [5, 5.41) is 24.5. The van der Waals surface area contributed by atoms with Crippen molar-refractivity contribution in [2.45, 2.75) is 75.9 Å². The van der Waals surface area contributed by atoms with Gasteiger partial charge in [0.2, 0.25) is 0 Å². The highest BCUT2D eigenvalue weighted by atomic mass is 35.5. The molecule has 5 N–H and O–H groups in total. The molecule has 2 unspecified atom stereocenters. The number of nitrogens with one attached hydrogen (secondary N) is 4. The number of benzene rings is 1. The van der Waals surface area contributed by atoms with Crippen LogP contribution in [0, 0.1) is 11.8 Å². The Morgan fingerprint density at radius 1 is 1.16 bits per heavy atom. The quantitative estimate of drug-likeness (QED) is 0.274. The molecule has 1 heterocycles. The van der Waals surface area contributed by atoms with Crippen LogP contribution in [0.4, 0.5) is 9.59 Å². The summed E-state index contributed by atoms with van der Waals surface area (Å²) in [5.74, 6) is 0.546. The number of likely N-dealkylation sites (N-methyl/N-ethyl adjacent to an activating group) is 1. The molecule has 0 bridgehead atoms. The molecule has 3 atom stereocenters. The van der Waals surface area contributed by atoms with Crippen LogP contribution in [-0.2, 0) is 5.60 Å². The highest BCUT2D eigenvalue weighted by Crippen LogP contribution is 2.40. The number of rotatable bonds is 11. The smallest absolute Gasteiger partial charge is 0.317 e. The molecular formula is C28H46ClN5O3. The van der Waals surface area contributed by atoms with Gasteiger partial charge < -0.3 is 31.3 Å². The maximum Gasteiger partial charge on any atom is 0.317 e. The highest BCUT2D eigenvalue weighted by Gasteiger charge is 2.41. The van der Waals surface area contributed by atoms with Crippen LogP contribution in [-0.4, -0.2) is 68.4 Å². The minimum atomic E-state index is -1.15. The van der Waals surface area contributed by atoms with Crippen molar-refractivity contribution >= 4 is 23.7 Å². The molecule has 2 aliphatic rings. The molecule has 1 saturated carbocycles. The van der Waals surface area contributed by atoms with Crippen LogP contribution in [0.1, 0.15) is 69.8 Å². The van der Waals surface area contributed by atoms with Crippen molar-refractivity contribution in [3.05, 3.63) is 34.9 Å². The molecule has 1 saturated heterocycles. The molecule has 4 amide bonds. The third-order valence-corrected chi connectivity index (χ3v) is 8.31. The Labute approximate surface area is 227 Å². The van der Waals surface area contributed by atoms with Crippen molar-refractivity contribution in [1.82, 2.24) is 26.2 Å². The lowest BCUT2D eigenvalue weighted by molar-refractivity contribution is -0.0551. The van der Waals surface area contributed by atoms with Crippen LogP contribution in [0.3, 0.4) is 0 Å². The fourth-order valence-electron chi connectivity index (χ4n) is 6.07. The van der Waals surface area contributed by atoms with E-state index in [1.807, 2.05) is 30.1 Å². The van der Waals surface area contributed by atoms with Crippen LogP contribution in [0.2, 0.25) is 5.02 Å². The Morgan fingerprint density at radius 3 is 2.65 bits per heavy atom. The van der Waals surface area contributed by atoms with Gasteiger partial charge in [0.15, 0.2) is 0 Å². The van der Waals surface area contributed by atoms with Gasteiger partial charge in [-0.05, 0) is 62.8 Å². The number of carbonyl (C=O) groups is 2. The van der Waals surface area contributed by atoms with Crippen LogP contribution >= 0.6 is 11.6 Å². The van der Waals surface area contributed by atoms with E-state index < -0.39 is 5.60 Å². The van der Waals surface area contributed by atoms with E-state index in [-0.39, 0.29) is 24.0 Å². The summed E-state index contributed by atoms with van der Waals surface area (Å²) in [4.78, 5) is 26.8. The first-order chi connectivity index (χ1) is 17.9. The van der Waals surface area contributed by atoms with Crippen molar-refractivity contribution in [1.29, 1.82) is 0 Å². The summed E-state index contributed by atoms with van der Waals surface area (Å²) in [6.45, 7) is 2.37. The van der Waals surface area contributed by atoms with Crippen LogP contribution in [0.25, 0.3) is 0 Å². The first-order valence-electron chi connectivity index (χ1n) is 14.0. The largest absolute Gasteiger partial charge is 0.385 e. The van der Waals surface area contributed by atoms with Gasteiger partial charge in [-0.1, -0.05) is 55.8 Å². The van der Waals surface area contributed by atoms with Crippen LogP contribution < -0.4 is 21.3 Å². The number of aliphatic hydroxyl groups is 1. The summed E-state index contributed by atoms with van der Waals surface area (Å²) in [6.07, 6.45) is 10.1. The SMILES string of the molecule is CNCC(CC1CCCCC1)NC(=O)N1CCCC([C@@](O)(CCCNC(=O)NC)c2cccc(Cl)c2)C1. The third-order valence-electron chi connectivity index (χ3n) is 8.08. The van der Waals surface area contributed by atoms with Gasteiger partial charge in [-0.15, -0.1) is 0 Å². The van der Waals surface area contributed by atoms with E-state index >= 15 is 0 Å². The van der Waals surface area contributed by atoms with Crippen LogP contribution in [0.15, 0.2) is 24.3 Å². The molecule has 208 valence electrons. The number of likely N-dealkylation sites (tertiary alicyclic amines) is 1. The second-order valence-corrected chi connectivity index (χ2v) is 11.2. The van der Waals surface area contributed by atoms with Gasteiger partial charge in [0.05, 0.1) is 5.60 Å². The molecule has 1 aliphatic heterocycles. The van der Waals surface area contributed by atoms with E-state index in [0.717, 1.165) is 31.4 Å². The zero-order chi connectivity index (χ0) is 26.7. The number of halogens is 1. The topological polar surface area (TPSA) is 106 Å². The van der Waals surface area contributed by atoms with Crippen molar-refractivity contribution < 1.29 is 14.7 Å². The third kappa shape index (κ3) is 8.76. The van der Waals surface area contributed by atoms with E-state index in [1.54, 1.807) is 13.1 Å². The Morgan fingerprint density at radius 2 is 1.95 bits per heavy atom. The normalized spacial score (nSPS) is 21.1. The first kappa shape index (κ1) is 29.5. The zero-order valence-electron chi connectivity index (χ0n) is 22.5. The molecule has 0 radical (unpaired) electrons. The lowest BCUT2D eigenvalue weighted by atomic mass is 9.74. The molecule has 2 fully saturated rings. The molecule has 37 heavy (non-hydrogen) atoms. The first-order valence-corrected chi connectivity index (χ1v) is 14.4. The van der Waals surface area contributed by atoms with E-state index in [0.29, 0.717) is 43.4 Å². The lowest BCUT2D eigenvalue weighted by Gasteiger charge is -2.43. The number of hydrogen-bond acceptors (Lipinski definition) is 4. The minimum absolute atomic E-state index is 0.0458. The Balaban J connectivity index is 1.68. The number of amides is 4. The van der Waals surface area contributed by atoms with Crippen molar-refractivity contribution in [3.63, 3.8) is 0 Å². The maximum atomic E-state index is 13.4. The molecule has 1 aromatic carbocycles. The van der Waals surface area contributed by atoms with Gasteiger partial charge >= 0.3 is 12.1 Å². The van der Waals surface area contributed by atoms with Crippen molar-refractivity contribution in [3.8, 4) is 0 Å². The van der Waals surface area contributed by atoms with E-state index in [1.165, 1.54) is 32.1 Å². The minimum Gasteiger partial charge on any atom is -0.385 e. The van der Waals surface area contributed by atoms with Crippen molar-refractivity contribution in [2.75, 3.05) is 40.3 Å². The predicted molar refractivity (Wildman–Crippen MR) is 149 cm³/mol. The van der Waals surface area contributed by atoms with Gasteiger partial charge in [0.1, 0.15) is 0 Å². The summed E-state index contributed by atoms with van der Waals surface area (Å²) in [5.41, 5.74) is -0.390. The molecule has 0 aromatic heterocycles. The average molecular weight is 536 g/mol. The Bertz CT molecular complexity index is 866. The standard InChI is InChI=1S/C28H46ClN5O3/c1-30-19-25(17-21-9-4-3-5-10-21)33-27(36)34-16-7-12-23(20-34)28(37,14-8-15-32-26(35)31-2)22-11-6-13-24(29)18-22/h6,11,13,18,21,23,25,30,37H,3-5,7-10,12,14-17,19-20H2,1-2H3,(H,33,36)(H2,31,32,35)/t23?,25?,28-/m1/s1. The summed E-state index contributed by atoms with van der Waals surface area (Å²) < 4.78 is 0. The van der Waals surface area contributed by atoms with Crippen molar-refractivity contribution in [2.24, 2.45) is 11.8 Å². The molecule has 1 aliphatic carbocycles. The molecule has 3 rings (SSSR count). The fraction of sp³-hybridized carbons (Fsp3) is 0.714. The number of carbonyl (C=O) groups excluding carboxylic acids is 2. The Hall–Kier alpha value is -2.03. The lowest BCUT2D eigenvalue weighted by Crippen LogP contribution is -2.54. The maximum absolute atomic E-state index is 13.4. The number of urea groups is 2. The summed E-state index contributed by atoms with van der Waals surface area (Å²) in [6, 6.07) is 7.19. The van der Waals surface area contributed by atoms with Gasteiger partial charge in [0, 0.05) is 50.2 Å². The molecule has 8 nitrogen and oxygen atoms in total.